The van der Waals surface area contributed by atoms with Gasteiger partial charge in [-0.25, -0.2) is 0 Å². The minimum absolute atomic E-state index is 0.0962. The summed E-state index contributed by atoms with van der Waals surface area (Å²) in [5.74, 6) is -0.138. The molecule has 0 amide bonds. The van der Waals surface area contributed by atoms with Crippen LogP contribution in [0.2, 0.25) is 0 Å². The van der Waals surface area contributed by atoms with E-state index < -0.39 is 0 Å². The highest BCUT2D eigenvalue weighted by atomic mass is 16.5. The van der Waals surface area contributed by atoms with Crippen LogP contribution in [0.5, 0.6) is 0 Å². The number of ether oxygens (including phenoxy) is 1. The monoisotopic (exact) mass is 245 g/mol. The van der Waals surface area contributed by atoms with Gasteiger partial charge in [0.1, 0.15) is 0 Å². The summed E-state index contributed by atoms with van der Waals surface area (Å²) < 4.78 is 5.04. The maximum Gasteiger partial charge on any atom is 0.308 e. The second kappa shape index (κ2) is 5.25. The normalized spacial score (nSPS) is 18.1. The van der Waals surface area contributed by atoms with E-state index in [1.54, 1.807) is 0 Å². The first-order valence-electron chi connectivity index (χ1n) is 6.29. The number of nitrogens with zero attached hydrogens (tertiary/aromatic N) is 1. The van der Waals surface area contributed by atoms with E-state index in [9.17, 15) is 4.79 Å². The van der Waals surface area contributed by atoms with Crippen molar-refractivity contribution in [2.45, 2.75) is 26.3 Å². The number of hydrogen-bond donors (Lipinski definition) is 0. The molecule has 3 nitrogen and oxygen atoms in total. The van der Waals surface area contributed by atoms with Gasteiger partial charge in [-0.3, -0.25) is 4.79 Å². The first-order chi connectivity index (χ1) is 8.63. The van der Waals surface area contributed by atoms with E-state index in [2.05, 4.69) is 30.0 Å². The minimum Gasteiger partial charge on any atom is -0.466 e. The zero-order valence-corrected chi connectivity index (χ0v) is 11.1. The average molecular weight is 245 g/mol. The number of carbonyl (C=O) groups is 1. The van der Waals surface area contributed by atoms with E-state index in [4.69, 9.17) is 4.74 Å². The lowest BCUT2D eigenvalue weighted by Crippen LogP contribution is -2.37. The molecule has 3 heteroatoms. The van der Waals surface area contributed by atoms with Crippen LogP contribution in [0.15, 0.2) is 29.8 Å². The molecule has 1 atom stereocenters. The van der Waals surface area contributed by atoms with E-state index in [1.807, 2.05) is 26.1 Å². The summed E-state index contributed by atoms with van der Waals surface area (Å²) in [6.07, 6.45) is 2.56. The molecule has 0 spiro atoms. The van der Waals surface area contributed by atoms with Gasteiger partial charge in [0, 0.05) is 12.7 Å². The molecule has 0 saturated heterocycles. The molecule has 1 unspecified atom stereocenters. The third-order valence-corrected chi connectivity index (χ3v) is 3.36. The third-order valence-electron chi connectivity index (χ3n) is 3.36. The predicted molar refractivity (Wildman–Crippen MR) is 73.5 cm³/mol. The summed E-state index contributed by atoms with van der Waals surface area (Å²) in [5.41, 5.74) is 3.57. The molecule has 0 saturated carbocycles. The first-order valence-corrected chi connectivity index (χ1v) is 6.29. The fourth-order valence-electron chi connectivity index (χ4n) is 2.42. The molecular formula is C15H19NO2. The molecule has 1 aromatic rings. The lowest BCUT2D eigenvalue weighted by molar-refractivity contribution is -0.143. The summed E-state index contributed by atoms with van der Waals surface area (Å²) in [6.45, 7) is 4.34. The molecule has 18 heavy (non-hydrogen) atoms. The maximum absolute atomic E-state index is 11.6. The Labute approximate surface area is 108 Å². The van der Waals surface area contributed by atoms with Crippen LogP contribution in [0.25, 0.3) is 6.08 Å². The van der Waals surface area contributed by atoms with Crippen LogP contribution in [0.1, 0.15) is 25.8 Å². The Morgan fingerprint density at radius 3 is 2.83 bits per heavy atom. The van der Waals surface area contributed by atoms with Gasteiger partial charge in [0.05, 0.1) is 19.1 Å². The molecule has 0 bridgehead atoms. The molecule has 1 aromatic carbocycles. The smallest absolute Gasteiger partial charge is 0.308 e. The second-order valence-corrected chi connectivity index (χ2v) is 4.58. The van der Waals surface area contributed by atoms with E-state index >= 15 is 0 Å². The topological polar surface area (TPSA) is 29.5 Å². The van der Waals surface area contributed by atoms with Crippen molar-refractivity contribution >= 4 is 17.7 Å². The van der Waals surface area contributed by atoms with E-state index in [0.717, 1.165) is 5.69 Å². The maximum atomic E-state index is 11.6. The largest absolute Gasteiger partial charge is 0.466 e. The van der Waals surface area contributed by atoms with Crippen molar-refractivity contribution in [3.05, 3.63) is 35.4 Å². The number of esters is 1. The van der Waals surface area contributed by atoms with Gasteiger partial charge < -0.3 is 9.64 Å². The van der Waals surface area contributed by atoms with Crippen LogP contribution in [0, 0.1) is 0 Å². The molecule has 2 rings (SSSR count). The molecule has 0 radical (unpaired) electrons. The van der Waals surface area contributed by atoms with Crippen LogP contribution in [0.3, 0.4) is 0 Å². The Kier molecular flexibility index (Phi) is 3.70. The van der Waals surface area contributed by atoms with E-state index in [-0.39, 0.29) is 12.0 Å². The number of carbonyl (C=O) groups excluding carboxylic acids is 1. The number of likely N-dealkylation sites (N-methyl/N-ethyl adjacent to an activating group) is 1. The van der Waals surface area contributed by atoms with Crippen molar-refractivity contribution in [1.82, 2.24) is 0 Å². The van der Waals surface area contributed by atoms with Crippen LogP contribution in [0.4, 0.5) is 5.69 Å². The summed E-state index contributed by atoms with van der Waals surface area (Å²) in [6, 6.07) is 8.32. The number of hydrogen-bond acceptors (Lipinski definition) is 3. The first kappa shape index (κ1) is 12.7. The zero-order chi connectivity index (χ0) is 13.1. The Morgan fingerprint density at radius 2 is 2.11 bits per heavy atom. The van der Waals surface area contributed by atoms with Crippen molar-refractivity contribution in [2.24, 2.45) is 0 Å². The number of benzene rings is 1. The molecule has 1 aliphatic rings. The highest BCUT2D eigenvalue weighted by Gasteiger charge is 2.25. The van der Waals surface area contributed by atoms with Crippen LogP contribution < -0.4 is 4.90 Å². The molecule has 96 valence electrons. The average Bonchev–Trinajstić information content (AvgIpc) is 2.35. The fourth-order valence-corrected chi connectivity index (χ4v) is 2.42. The standard InChI is InChI=1S/C15H19NO2/c1-4-18-15(17)10-14-11(2)9-12-7-5-6-8-13(12)16(14)3/h5-9,14H,4,10H2,1-3H3. The van der Waals surface area contributed by atoms with Crippen molar-refractivity contribution in [2.75, 3.05) is 18.6 Å². The number of anilines is 1. The van der Waals surface area contributed by atoms with Crippen LogP contribution in [-0.4, -0.2) is 25.7 Å². The summed E-state index contributed by atoms with van der Waals surface area (Å²) >= 11 is 0. The van der Waals surface area contributed by atoms with Gasteiger partial charge in [-0.1, -0.05) is 24.3 Å². The number of fused-ring (bicyclic) bond motifs is 1. The molecule has 0 aromatic heterocycles. The number of rotatable bonds is 3. The SMILES string of the molecule is CCOC(=O)CC1C(C)=Cc2ccccc2N1C. The van der Waals surface area contributed by atoms with Gasteiger partial charge in [-0.05, 0) is 31.1 Å². The molecule has 0 N–H and O–H groups in total. The highest BCUT2D eigenvalue weighted by molar-refractivity contribution is 5.78. The highest BCUT2D eigenvalue weighted by Crippen LogP contribution is 2.32. The Balaban J connectivity index is 2.23. The van der Waals surface area contributed by atoms with Gasteiger partial charge in [-0.2, -0.15) is 0 Å². The second-order valence-electron chi connectivity index (χ2n) is 4.58. The van der Waals surface area contributed by atoms with Crippen molar-refractivity contribution in [3.63, 3.8) is 0 Å². The van der Waals surface area contributed by atoms with Crippen LogP contribution in [-0.2, 0) is 9.53 Å². The summed E-state index contributed by atoms with van der Waals surface area (Å²) in [7, 11) is 2.03. The molecular weight excluding hydrogens is 226 g/mol. The van der Waals surface area contributed by atoms with E-state index in [0.29, 0.717) is 13.0 Å². The lowest BCUT2D eigenvalue weighted by Gasteiger charge is -2.35. The summed E-state index contributed by atoms with van der Waals surface area (Å²) in [5, 5.41) is 0. The van der Waals surface area contributed by atoms with Gasteiger partial charge in [0.25, 0.3) is 0 Å². The van der Waals surface area contributed by atoms with Gasteiger partial charge in [0.2, 0.25) is 0 Å². The van der Waals surface area contributed by atoms with Crippen molar-refractivity contribution < 1.29 is 9.53 Å². The third kappa shape index (κ3) is 2.40. The van der Waals surface area contributed by atoms with Crippen molar-refractivity contribution in [1.29, 1.82) is 0 Å². The minimum atomic E-state index is -0.138. The Hall–Kier alpha value is -1.77. The van der Waals surface area contributed by atoms with Crippen molar-refractivity contribution in [3.8, 4) is 0 Å². The Morgan fingerprint density at radius 1 is 1.39 bits per heavy atom. The molecule has 1 heterocycles. The quantitative estimate of drug-likeness (QED) is 0.767. The molecule has 0 aliphatic carbocycles. The van der Waals surface area contributed by atoms with Gasteiger partial charge in [-0.15, -0.1) is 0 Å². The summed E-state index contributed by atoms with van der Waals surface area (Å²) in [4.78, 5) is 13.8. The molecule has 0 fully saturated rings. The fraction of sp³-hybridized carbons (Fsp3) is 0.400. The van der Waals surface area contributed by atoms with Gasteiger partial charge in [0.15, 0.2) is 0 Å². The zero-order valence-electron chi connectivity index (χ0n) is 11.1. The van der Waals surface area contributed by atoms with E-state index in [1.165, 1.54) is 11.1 Å². The Bertz CT molecular complexity index is 479. The van der Waals surface area contributed by atoms with Gasteiger partial charge >= 0.3 is 5.97 Å². The number of para-hydroxylation sites is 1. The van der Waals surface area contributed by atoms with Crippen LogP contribution >= 0.6 is 0 Å². The molecule has 1 aliphatic heterocycles. The predicted octanol–water partition coefficient (Wildman–Crippen LogP) is 2.86. The lowest BCUT2D eigenvalue weighted by atomic mass is 9.95.